The SMILES string of the molecule is Nc1ccc(S(N)(=O)=O)cc1NCCN1CCSCC1. The monoisotopic (exact) mass is 316 g/mol. The first-order valence-corrected chi connectivity index (χ1v) is 9.13. The van der Waals surface area contributed by atoms with Crippen LogP contribution in [-0.4, -0.2) is 51.0 Å². The lowest BCUT2D eigenvalue weighted by Gasteiger charge is -2.26. The van der Waals surface area contributed by atoms with Crippen LogP contribution in [0.1, 0.15) is 0 Å². The van der Waals surface area contributed by atoms with Gasteiger partial charge in [-0.1, -0.05) is 0 Å². The Labute approximate surface area is 123 Å². The van der Waals surface area contributed by atoms with E-state index in [-0.39, 0.29) is 4.90 Å². The molecule has 2 rings (SSSR count). The highest BCUT2D eigenvalue weighted by molar-refractivity contribution is 7.99. The molecule has 8 heteroatoms. The zero-order chi connectivity index (χ0) is 14.6. The Kier molecular flexibility index (Phi) is 5.14. The number of nitrogen functional groups attached to an aromatic ring is 1. The van der Waals surface area contributed by atoms with Gasteiger partial charge in [-0.3, -0.25) is 4.90 Å². The highest BCUT2D eigenvalue weighted by Gasteiger charge is 2.12. The number of nitrogens with zero attached hydrogens (tertiary/aromatic N) is 1. The first kappa shape index (κ1) is 15.4. The van der Waals surface area contributed by atoms with Gasteiger partial charge in [0.2, 0.25) is 10.0 Å². The maximum atomic E-state index is 11.3. The largest absolute Gasteiger partial charge is 0.397 e. The molecule has 5 N–H and O–H groups in total. The molecule has 1 aromatic carbocycles. The average Bonchev–Trinajstić information content (AvgIpc) is 2.41. The quantitative estimate of drug-likeness (QED) is 0.679. The molecule has 0 bridgehead atoms. The predicted octanol–water partition coefficient (Wildman–Crippen LogP) is 0.377. The van der Waals surface area contributed by atoms with Crippen molar-refractivity contribution in [3.8, 4) is 0 Å². The third-order valence-corrected chi connectivity index (χ3v) is 5.05. The van der Waals surface area contributed by atoms with E-state index in [4.69, 9.17) is 10.9 Å². The summed E-state index contributed by atoms with van der Waals surface area (Å²) < 4.78 is 22.6. The molecule has 1 aliphatic heterocycles. The van der Waals surface area contributed by atoms with Crippen LogP contribution in [0.2, 0.25) is 0 Å². The van der Waals surface area contributed by atoms with Gasteiger partial charge in [0, 0.05) is 37.7 Å². The highest BCUT2D eigenvalue weighted by atomic mass is 32.2. The summed E-state index contributed by atoms with van der Waals surface area (Å²) in [5.41, 5.74) is 6.97. The molecule has 20 heavy (non-hydrogen) atoms. The molecule has 0 saturated carbocycles. The van der Waals surface area contributed by atoms with Crippen LogP contribution in [-0.2, 0) is 10.0 Å². The number of primary sulfonamides is 1. The Morgan fingerprint density at radius 2 is 2.00 bits per heavy atom. The van der Waals surface area contributed by atoms with Gasteiger partial charge in [0.05, 0.1) is 16.3 Å². The smallest absolute Gasteiger partial charge is 0.238 e. The zero-order valence-corrected chi connectivity index (χ0v) is 12.8. The lowest BCUT2D eigenvalue weighted by Crippen LogP contribution is -2.36. The van der Waals surface area contributed by atoms with Crippen LogP contribution in [0, 0.1) is 0 Å². The zero-order valence-electron chi connectivity index (χ0n) is 11.2. The summed E-state index contributed by atoms with van der Waals surface area (Å²) in [6, 6.07) is 4.45. The van der Waals surface area contributed by atoms with Gasteiger partial charge in [-0.25, -0.2) is 13.6 Å². The molecule has 0 radical (unpaired) electrons. The molecule has 0 spiro atoms. The van der Waals surface area contributed by atoms with Crippen molar-refractivity contribution in [2.75, 3.05) is 48.7 Å². The molecule has 1 saturated heterocycles. The van der Waals surface area contributed by atoms with Gasteiger partial charge >= 0.3 is 0 Å². The molecule has 0 aliphatic carbocycles. The summed E-state index contributed by atoms with van der Waals surface area (Å²) >= 11 is 1.97. The Bertz CT molecular complexity index is 557. The van der Waals surface area contributed by atoms with Crippen LogP contribution in [0.5, 0.6) is 0 Å². The molecule has 1 aliphatic rings. The molecule has 1 heterocycles. The second-order valence-electron chi connectivity index (χ2n) is 4.67. The third-order valence-electron chi connectivity index (χ3n) is 3.20. The molecule has 0 atom stereocenters. The van der Waals surface area contributed by atoms with Crippen molar-refractivity contribution >= 4 is 33.2 Å². The fourth-order valence-electron chi connectivity index (χ4n) is 2.04. The summed E-state index contributed by atoms with van der Waals surface area (Å²) in [5.74, 6) is 2.34. The van der Waals surface area contributed by atoms with E-state index in [1.165, 1.54) is 23.6 Å². The maximum absolute atomic E-state index is 11.3. The van der Waals surface area contributed by atoms with E-state index < -0.39 is 10.0 Å². The summed E-state index contributed by atoms with van der Waals surface area (Å²) in [6.45, 7) is 3.83. The Hall–Kier alpha value is -0.960. The molecule has 0 aromatic heterocycles. The number of benzene rings is 1. The van der Waals surface area contributed by atoms with Crippen LogP contribution in [0.4, 0.5) is 11.4 Å². The first-order chi connectivity index (χ1) is 9.47. The van der Waals surface area contributed by atoms with Crippen molar-refractivity contribution < 1.29 is 8.42 Å². The van der Waals surface area contributed by atoms with Crippen molar-refractivity contribution in [2.45, 2.75) is 4.90 Å². The molecule has 0 amide bonds. The third kappa shape index (κ3) is 4.27. The minimum atomic E-state index is -3.70. The fraction of sp³-hybridized carbons (Fsp3) is 0.500. The highest BCUT2D eigenvalue weighted by Crippen LogP contribution is 2.22. The molecule has 112 valence electrons. The van der Waals surface area contributed by atoms with Gasteiger partial charge in [-0.15, -0.1) is 0 Å². The number of thioether (sulfide) groups is 1. The molecular formula is C12H20N4O2S2. The van der Waals surface area contributed by atoms with Crippen LogP contribution in [0.25, 0.3) is 0 Å². The van der Waals surface area contributed by atoms with Gasteiger partial charge < -0.3 is 11.1 Å². The number of hydrogen-bond donors (Lipinski definition) is 3. The lowest BCUT2D eigenvalue weighted by atomic mass is 10.2. The van der Waals surface area contributed by atoms with Gasteiger partial charge in [0.1, 0.15) is 0 Å². The van der Waals surface area contributed by atoms with E-state index in [9.17, 15) is 8.42 Å². The lowest BCUT2D eigenvalue weighted by molar-refractivity contribution is 0.314. The molecule has 1 fully saturated rings. The van der Waals surface area contributed by atoms with Crippen molar-refractivity contribution in [1.29, 1.82) is 0 Å². The number of anilines is 2. The van der Waals surface area contributed by atoms with Gasteiger partial charge in [-0.05, 0) is 18.2 Å². The second kappa shape index (κ2) is 6.66. The van der Waals surface area contributed by atoms with E-state index >= 15 is 0 Å². The fourth-order valence-corrected chi connectivity index (χ4v) is 3.56. The maximum Gasteiger partial charge on any atom is 0.238 e. The standard InChI is InChI=1S/C12H20N4O2S2/c13-11-2-1-10(20(14,17)18)9-12(11)15-3-4-16-5-7-19-8-6-16/h1-2,9,15H,3-8,13H2,(H2,14,17,18). The van der Waals surface area contributed by atoms with Crippen molar-refractivity contribution in [3.63, 3.8) is 0 Å². The van der Waals surface area contributed by atoms with Crippen LogP contribution < -0.4 is 16.2 Å². The summed E-state index contributed by atoms with van der Waals surface area (Å²) in [7, 11) is -3.70. The Morgan fingerprint density at radius 3 is 2.65 bits per heavy atom. The van der Waals surface area contributed by atoms with E-state index in [0.717, 1.165) is 26.2 Å². The molecule has 6 nitrogen and oxygen atoms in total. The minimum Gasteiger partial charge on any atom is -0.397 e. The van der Waals surface area contributed by atoms with Crippen LogP contribution in [0.15, 0.2) is 23.1 Å². The Morgan fingerprint density at radius 1 is 1.30 bits per heavy atom. The van der Waals surface area contributed by atoms with Gasteiger partial charge in [0.25, 0.3) is 0 Å². The van der Waals surface area contributed by atoms with Crippen molar-refractivity contribution in [3.05, 3.63) is 18.2 Å². The van der Waals surface area contributed by atoms with Crippen LogP contribution >= 0.6 is 11.8 Å². The average molecular weight is 316 g/mol. The van der Waals surface area contributed by atoms with Crippen molar-refractivity contribution in [1.82, 2.24) is 4.90 Å². The number of hydrogen-bond acceptors (Lipinski definition) is 6. The normalized spacial score (nSPS) is 17.1. The molecule has 0 unspecified atom stereocenters. The summed E-state index contributed by atoms with van der Waals surface area (Å²) in [6.07, 6.45) is 0. The number of nitrogens with one attached hydrogen (secondary N) is 1. The molecular weight excluding hydrogens is 296 g/mol. The van der Waals surface area contributed by atoms with Crippen molar-refractivity contribution in [2.24, 2.45) is 5.14 Å². The van der Waals surface area contributed by atoms with E-state index in [0.29, 0.717) is 11.4 Å². The first-order valence-electron chi connectivity index (χ1n) is 6.43. The van der Waals surface area contributed by atoms with E-state index in [2.05, 4.69) is 10.2 Å². The van der Waals surface area contributed by atoms with Gasteiger partial charge in [-0.2, -0.15) is 11.8 Å². The minimum absolute atomic E-state index is 0.0728. The van der Waals surface area contributed by atoms with Crippen LogP contribution in [0.3, 0.4) is 0 Å². The topological polar surface area (TPSA) is 101 Å². The van der Waals surface area contributed by atoms with E-state index in [1.54, 1.807) is 6.07 Å². The predicted molar refractivity (Wildman–Crippen MR) is 84.5 cm³/mol. The van der Waals surface area contributed by atoms with E-state index in [1.807, 2.05) is 11.8 Å². The second-order valence-corrected chi connectivity index (χ2v) is 7.46. The number of nitrogens with two attached hydrogens (primary N) is 2. The molecule has 1 aromatic rings. The summed E-state index contributed by atoms with van der Waals surface area (Å²) in [4.78, 5) is 2.45. The van der Waals surface area contributed by atoms with Gasteiger partial charge in [0.15, 0.2) is 0 Å². The Balaban J connectivity index is 1.94. The number of sulfonamides is 1. The summed E-state index contributed by atoms with van der Waals surface area (Å²) in [5, 5.41) is 8.29. The number of rotatable bonds is 5.